The zero-order valence-corrected chi connectivity index (χ0v) is 10.7. The number of hydrogen-bond donors (Lipinski definition) is 0. The zero-order chi connectivity index (χ0) is 11.7. The molecule has 0 saturated heterocycles. The smallest absolute Gasteiger partial charge is 0.0190 e. The first-order chi connectivity index (χ1) is 7.61. The van der Waals surface area contributed by atoms with Gasteiger partial charge in [-0.15, -0.1) is 0 Å². The topological polar surface area (TPSA) is 0 Å². The summed E-state index contributed by atoms with van der Waals surface area (Å²) < 4.78 is 0. The van der Waals surface area contributed by atoms with E-state index in [9.17, 15) is 0 Å². The molecular weight excluding hydrogens is 192 g/mol. The van der Waals surface area contributed by atoms with Gasteiger partial charge in [0.1, 0.15) is 0 Å². The van der Waals surface area contributed by atoms with Gasteiger partial charge < -0.3 is 0 Å². The van der Waals surface area contributed by atoms with E-state index in [2.05, 4.69) is 52.0 Å². The van der Waals surface area contributed by atoms with Crippen molar-refractivity contribution in [3.8, 4) is 0 Å². The highest BCUT2D eigenvalue weighted by Gasteiger charge is 2.13. The van der Waals surface area contributed by atoms with Crippen molar-refractivity contribution in [2.24, 2.45) is 0 Å². The van der Waals surface area contributed by atoms with Crippen LogP contribution in [-0.2, 0) is 0 Å². The van der Waals surface area contributed by atoms with E-state index < -0.39 is 0 Å². The fraction of sp³-hybridized carbons (Fsp3) is 0.375. The summed E-state index contributed by atoms with van der Waals surface area (Å²) in [4.78, 5) is 0. The summed E-state index contributed by atoms with van der Waals surface area (Å²) in [5.41, 5.74) is 8.74. The summed E-state index contributed by atoms with van der Waals surface area (Å²) in [6.45, 7) is 8.90. The molecule has 0 fully saturated rings. The summed E-state index contributed by atoms with van der Waals surface area (Å²) in [6.07, 6.45) is 4.73. The number of rotatable bonds is 1. The van der Waals surface area contributed by atoms with Gasteiger partial charge in [0.05, 0.1) is 0 Å². The van der Waals surface area contributed by atoms with Crippen LogP contribution in [0.1, 0.15) is 43.4 Å². The molecule has 1 aliphatic carbocycles. The Hall–Kier alpha value is -1.30. The van der Waals surface area contributed by atoms with E-state index in [1.807, 2.05) is 0 Å². The Balaban J connectivity index is 2.57. The molecule has 0 amide bonds. The molecule has 2 rings (SSSR count). The van der Waals surface area contributed by atoms with Crippen LogP contribution in [0.25, 0.3) is 5.57 Å². The lowest BCUT2D eigenvalue weighted by Gasteiger charge is -2.20. The second-order valence-electron chi connectivity index (χ2n) is 4.78. The maximum Gasteiger partial charge on any atom is -0.0190 e. The van der Waals surface area contributed by atoms with Gasteiger partial charge in [0.2, 0.25) is 0 Å². The predicted molar refractivity (Wildman–Crippen MR) is 71.5 cm³/mol. The minimum absolute atomic E-state index is 1.19. The fourth-order valence-corrected chi connectivity index (χ4v) is 2.43. The average molecular weight is 212 g/mol. The van der Waals surface area contributed by atoms with E-state index >= 15 is 0 Å². The molecule has 0 heteroatoms. The van der Waals surface area contributed by atoms with Crippen LogP contribution in [-0.4, -0.2) is 0 Å². The number of allylic oxidation sites excluding steroid dienone is 4. The maximum absolute atomic E-state index is 2.35. The van der Waals surface area contributed by atoms with Crippen LogP contribution in [0.4, 0.5) is 0 Å². The molecular formula is C16H20. The van der Waals surface area contributed by atoms with E-state index in [1.54, 1.807) is 5.57 Å². The van der Waals surface area contributed by atoms with Crippen molar-refractivity contribution in [2.45, 2.75) is 40.5 Å². The lowest BCUT2D eigenvalue weighted by molar-refractivity contribution is 1.01. The van der Waals surface area contributed by atoms with Crippen LogP contribution in [0.2, 0.25) is 0 Å². The van der Waals surface area contributed by atoms with Gasteiger partial charge in [0, 0.05) is 0 Å². The van der Waals surface area contributed by atoms with Crippen molar-refractivity contribution in [3.05, 3.63) is 52.1 Å². The zero-order valence-electron chi connectivity index (χ0n) is 10.7. The Kier molecular flexibility index (Phi) is 3.00. The second kappa shape index (κ2) is 4.29. The average Bonchev–Trinajstić information content (AvgIpc) is 2.27. The molecule has 0 saturated carbocycles. The highest BCUT2D eigenvalue weighted by atomic mass is 14.2. The van der Waals surface area contributed by atoms with Crippen LogP contribution in [0.5, 0.6) is 0 Å². The van der Waals surface area contributed by atoms with Crippen molar-refractivity contribution in [1.82, 2.24) is 0 Å². The quantitative estimate of drug-likeness (QED) is 0.626. The van der Waals surface area contributed by atoms with E-state index in [4.69, 9.17) is 0 Å². The Morgan fingerprint density at radius 1 is 1.00 bits per heavy atom. The van der Waals surface area contributed by atoms with E-state index in [0.29, 0.717) is 0 Å². The molecule has 0 aromatic heterocycles. The third-order valence-corrected chi connectivity index (χ3v) is 3.82. The first-order valence-corrected chi connectivity index (χ1v) is 6.04. The van der Waals surface area contributed by atoms with Crippen molar-refractivity contribution in [1.29, 1.82) is 0 Å². The molecule has 0 N–H and O–H groups in total. The number of benzene rings is 1. The third-order valence-electron chi connectivity index (χ3n) is 3.82. The van der Waals surface area contributed by atoms with E-state index in [0.717, 1.165) is 0 Å². The normalized spacial score (nSPS) is 16.4. The van der Waals surface area contributed by atoms with Crippen molar-refractivity contribution in [3.63, 3.8) is 0 Å². The molecule has 1 aromatic rings. The maximum atomic E-state index is 2.35. The summed E-state index contributed by atoms with van der Waals surface area (Å²) in [6, 6.07) is 6.63. The Labute approximate surface area is 98.7 Å². The molecule has 0 spiro atoms. The minimum Gasteiger partial charge on any atom is -0.0810 e. The lowest BCUT2D eigenvalue weighted by Crippen LogP contribution is -1.99. The minimum atomic E-state index is 1.19. The van der Waals surface area contributed by atoms with Gasteiger partial charge in [-0.1, -0.05) is 29.8 Å². The highest BCUT2D eigenvalue weighted by Crippen LogP contribution is 2.34. The molecule has 1 aromatic carbocycles. The molecule has 0 radical (unpaired) electrons. The summed E-state index contributed by atoms with van der Waals surface area (Å²) in [7, 11) is 0. The number of hydrogen-bond acceptors (Lipinski definition) is 0. The van der Waals surface area contributed by atoms with Crippen LogP contribution in [0.3, 0.4) is 0 Å². The molecule has 16 heavy (non-hydrogen) atoms. The Morgan fingerprint density at radius 3 is 2.50 bits per heavy atom. The molecule has 84 valence electrons. The monoisotopic (exact) mass is 212 g/mol. The largest absolute Gasteiger partial charge is 0.0810 e. The van der Waals surface area contributed by atoms with Gasteiger partial charge in [-0.3, -0.25) is 0 Å². The Bertz CT molecular complexity index is 473. The first-order valence-electron chi connectivity index (χ1n) is 6.04. The summed E-state index contributed by atoms with van der Waals surface area (Å²) in [5.74, 6) is 0. The summed E-state index contributed by atoms with van der Waals surface area (Å²) in [5, 5.41) is 0. The molecule has 0 atom stereocenters. The molecule has 0 nitrogen and oxygen atoms in total. The number of aryl methyl sites for hydroxylation is 1. The first kappa shape index (κ1) is 11.2. The fourth-order valence-electron chi connectivity index (χ4n) is 2.43. The van der Waals surface area contributed by atoms with Crippen molar-refractivity contribution >= 4 is 5.57 Å². The van der Waals surface area contributed by atoms with Crippen LogP contribution < -0.4 is 0 Å². The SMILES string of the molecule is CC1=CCCC(c2cccc(C)c2C)=C1C. The van der Waals surface area contributed by atoms with E-state index in [1.165, 1.54) is 40.7 Å². The van der Waals surface area contributed by atoms with Crippen molar-refractivity contribution < 1.29 is 0 Å². The van der Waals surface area contributed by atoms with Crippen LogP contribution >= 0.6 is 0 Å². The summed E-state index contributed by atoms with van der Waals surface area (Å²) >= 11 is 0. The van der Waals surface area contributed by atoms with Gasteiger partial charge in [0.15, 0.2) is 0 Å². The molecule has 0 bridgehead atoms. The van der Waals surface area contributed by atoms with Crippen molar-refractivity contribution in [2.75, 3.05) is 0 Å². The molecule has 0 heterocycles. The third kappa shape index (κ3) is 1.84. The molecule has 0 aliphatic heterocycles. The molecule has 0 unspecified atom stereocenters. The highest BCUT2D eigenvalue weighted by molar-refractivity contribution is 5.75. The lowest BCUT2D eigenvalue weighted by atomic mass is 9.85. The van der Waals surface area contributed by atoms with Gasteiger partial charge in [-0.25, -0.2) is 0 Å². The van der Waals surface area contributed by atoms with Gasteiger partial charge in [0.25, 0.3) is 0 Å². The van der Waals surface area contributed by atoms with Gasteiger partial charge >= 0.3 is 0 Å². The van der Waals surface area contributed by atoms with Gasteiger partial charge in [-0.2, -0.15) is 0 Å². The predicted octanol–water partition coefficient (Wildman–Crippen LogP) is 4.82. The standard InChI is InChI=1S/C16H20/c1-11-7-5-9-15(13(11)3)16-10-6-8-12(2)14(16)4/h5,7-9H,6,10H2,1-4H3. The Morgan fingerprint density at radius 2 is 1.75 bits per heavy atom. The van der Waals surface area contributed by atoms with Gasteiger partial charge in [-0.05, 0) is 68.4 Å². The molecule has 1 aliphatic rings. The van der Waals surface area contributed by atoms with Crippen LogP contribution in [0.15, 0.2) is 35.4 Å². The second-order valence-corrected chi connectivity index (χ2v) is 4.78. The van der Waals surface area contributed by atoms with Crippen LogP contribution in [0, 0.1) is 13.8 Å². The van der Waals surface area contributed by atoms with E-state index in [-0.39, 0.29) is 0 Å².